The molecule has 0 radical (unpaired) electrons. The molecule has 0 spiro atoms. The van der Waals surface area contributed by atoms with E-state index >= 15 is 0 Å². The number of likely N-dealkylation sites (tertiary alicyclic amines) is 1. The fourth-order valence-electron chi connectivity index (χ4n) is 2.98. The van der Waals surface area contributed by atoms with Crippen LogP contribution in [0.5, 0.6) is 0 Å². The van der Waals surface area contributed by atoms with Crippen LogP contribution in [-0.2, 0) is 24.8 Å². The molecule has 0 aliphatic carbocycles. The monoisotopic (exact) mass is 299 g/mol. The zero-order chi connectivity index (χ0) is 15.2. The van der Waals surface area contributed by atoms with E-state index in [4.69, 9.17) is 4.74 Å². The zero-order valence-corrected chi connectivity index (χ0v) is 13.3. The SMILES string of the molecule is Cn1ccnc1CCN1CCC(OCc2ccccc2)CC1. The maximum Gasteiger partial charge on any atom is 0.109 e. The lowest BCUT2D eigenvalue weighted by atomic mass is 10.1. The van der Waals surface area contributed by atoms with Gasteiger partial charge in [0.05, 0.1) is 12.7 Å². The number of ether oxygens (including phenoxy) is 1. The van der Waals surface area contributed by atoms with Crippen molar-refractivity contribution in [2.75, 3.05) is 19.6 Å². The molecule has 0 N–H and O–H groups in total. The van der Waals surface area contributed by atoms with Crippen LogP contribution < -0.4 is 0 Å². The molecule has 4 heteroatoms. The van der Waals surface area contributed by atoms with Crippen molar-refractivity contribution in [3.8, 4) is 0 Å². The molecule has 0 amide bonds. The number of imidazole rings is 1. The van der Waals surface area contributed by atoms with Crippen LogP contribution >= 0.6 is 0 Å². The third-order valence-electron chi connectivity index (χ3n) is 4.44. The first-order valence-corrected chi connectivity index (χ1v) is 8.15. The Morgan fingerprint density at radius 1 is 1.18 bits per heavy atom. The molecule has 1 aromatic heterocycles. The average Bonchev–Trinajstić information content (AvgIpc) is 2.98. The van der Waals surface area contributed by atoms with Gasteiger partial charge in [0.25, 0.3) is 0 Å². The summed E-state index contributed by atoms with van der Waals surface area (Å²) in [6, 6.07) is 10.4. The van der Waals surface area contributed by atoms with Gasteiger partial charge in [-0.25, -0.2) is 4.98 Å². The quantitative estimate of drug-likeness (QED) is 0.821. The highest BCUT2D eigenvalue weighted by Gasteiger charge is 2.19. The summed E-state index contributed by atoms with van der Waals surface area (Å²) < 4.78 is 8.15. The highest BCUT2D eigenvalue weighted by molar-refractivity contribution is 5.13. The van der Waals surface area contributed by atoms with E-state index in [1.54, 1.807) is 0 Å². The Labute approximate surface area is 132 Å². The number of nitrogens with zero attached hydrogens (tertiary/aromatic N) is 3. The maximum absolute atomic E-state index is 6.04. The lowest BCUT2D eigenvalue weighted by Crippen LogP contribution is -2.38. The van der Waals surface area contributed by atoms with E-state index in [1.165, 1.54) is 11.4 Å². The molecule has 0 bridgehead atoms. The molecule has 1 aliphatic heterocycles. The highest BCUT2D eigenvalue weighted by atomic mass is 16.5. The van der Waals surface area contributed by atoms with Crippen LogP contribution in [0.2, 0.25) is 0 Å². The number of benzene rings is 1. The first-order valence-electron chi connectivity index (χ1n) is 8.15. The third kappa shape index (κ3) is 4.18. The zero-order valence-electron chi connectivity index (χ0n) is 13.3. The van der Waals surface area contributed by atoms with Crippen LogP contribution in [0.1, 0.15) is 24.2 Å². The summed E-state index contributed by atoms with van der Waals surface area (Å²) in [5, 5.41) is 0. The molecule has 2 aromatic rings. The molecule has 0 saturated carbocycles. The van der Waals surface area contributed by atoms with Crippen LogP contribution in [0.25, 0.3) is 0 Å². The first kappa shape index (κ1) is 15.3. The molecule has 3 rings (SSSR count). The van der Waals surface area contributed by atoms with Crippen molar-refractivity contribution in [3.63, 3.8) is 0 Å². The van der Waals surface area contributed by atoms with Gasteiger partial charge in [0.1, 0.15) is 5.82 Å². The van der Waals surface area contributed by atoms with Gasteiger partial charge in [-0.2, -0.15) is 0 Å². The van der Waals surface area contributed by atoms with Crippen LogP contribution in [0.15, 0.2) is 42.7 Å². The van der Waals surface area contributed by atoms with E-state index in [-0.39, 0.29) is 0 Å². The van der Waals surface area contributed by atoms with Gasteiger partial charge in [-0.15, -0.1) is 0 Å². The molecule has 1 saturated heterocycles. The number of aryl methyl sites for hydroxylation is 1. The fraction of sp³-hybridized carbons (Fsp3) is 0.500. The van der Waals surface area contributed by atoms with Crippen molar-refractivity contribution in [2.24, 2.45) is 7.05 Å². The van der Waals surface area contributed by atoms with Crippen molar-refractivity contribution < 1.29 is 4.74 Å². The minimum absolute atomic E-state index is 0.407. The van der Waals surface area contributed by atoms with Crippen molar-refractivity contribution in [1.82, 2.24) is 14.5 Å². The molecule has 22 heavy (non-hydrogen) atoms. The molecule has 1 aromatic carbocycles. The number of piperidine rings is 1. The van der Waals surface area contributed by atoms with E-state index in [0.29, 0.717) is 6.10 Å². The molecule has 118 valence electrons. The second-order valence-electron chi connectivity index (χ2n) is 6.04. The topological polar surface area (TPSA) is 30.3 Å². The predicted octanol–water partition coefficient (Wildman–Crippen LogP) is 2.64. The summed E-state index contributed by atoms with van der Waals surface area (Å²) in [4.78, 5) is 6.91. The molecular weight excluding hydrogens is 274 g/mol. The van der Waals surface area contributed by atoms with Crippen molar-refractivity contribution in [1.29, 1.82) is 0 Å². The molecular formula is C18H25N3O. The van der Waals surface area contributed by atoms with Gasteiger partial charge >= 0.3 is 0 Å². The van der Waals surface area contributed by atoms with E-state index in [1.807, 2.05) is 18.5 Å². The maximum atomic E-state index is 6.04. The molecule has 1 aliphatic rings. The highest BCUT2D eigenvalue weighted by Crippen LogP contribution is 2.16. The van der Waals surface area contributed by atoms with Crippen LogP contribution in [0.3, 0.4) is 0 Å². The second kappa shape index (κ2) is 7.56. The summed E-state index contributed by atoms with van der Waals surface area (Å²) in [5.41, 5.74) is 1.26. The lowest BCUT2D eigenvalue weighted by Gasteiger charge is -2.31. The van der Waals surface area contributed by atoms with Gasteiger partial charge in [0.2, 0.25) is 0 Å². The number of aromatic nitrogens is 2. The van der Waals surface area contributed by atoms with E-state index in [9.17, 15) is 0 Å². The molecule has 2 heterocycles. The Morgan fingerprint density at radius 2 is 1.95 bits per heavy atom. The first-order chi connectivity index (χ1) is 10.8. The van der Waals surface area contributed by atoms with Crippen LogP contribution in [-0.4, -0.2) is 40.2 Å². The molecule has 0 atom stereocenters. The smallest absolute Gasteiger partial charge is 0.109 e. The number of hydrogen-bond donors (Lipinski definition) is 0. The van der Waals surface area contributed by atoms with Gasteiger partial charge in [-0.3, -0.25) is 0 Å². The van der Waals surface area contributed by atoms with E-state index in [2.05, 4.69) is 45.8 Å². The standard InChI is InChI=1S/C18H25N3O/c1-20-14-10-19-18(20)9-13-21-11-7-17(8-12-21)22-15-16-5-3-2-4-6-16/h2-6,10,14,17H,7-9,11-13,15H2,1H3. The normalized spacial score (nSPS) is 17.0. The van der Waals surface area contributed by atoms with Crippen LogP contribution in [0.4, 0.5) is 0 Å². The Bertz CT molecular complexity index is 559. The number of hydrogen-bond acceptors (Lipinski definition) is 3. The Kier molecular flexibility index (Phi) is 5.24. The summed E-state index contributed by atoms with van der Waals surface area (Å²) in [6.07, 6.45) is 7.59. The summed E-state index contributed by atoms with van der Waals surface area (Å²) in [7, 11) is 2.06. The van der Waals surface area contributed by atoms with Gasteiger partial charge in [0, 0.05) is 45.5 Å². The van der Waals surface area contributed by atoms with Crippen LogP contribution in [0, 0.1) is 0 Å². The summed E-state index contributed by atoms with van der Waals surface area (Å²) in [6.45, 7) is 4.09. The van der Waals surface area contributed by atoms with Crippen molar-refractivity contribution in [2.45, 2.75) is 32.0 Å². The van der Waals surface area contributed by atoms with E-state index < -0.39 is 0 Å². The minimum atomic E-state index is 0.407. The van der Waals surface area contributed by atoms with Gasteiger partial charge in [0.15, 0.2) is 0 Å². The Hall–Kier alpha value is -1.65. The average molecular weight is 299 g/mol. The van der Waals surface area contributed by atoms with E-state index in [0.717, 1.165) is 45.5 Å². The number of rotatable bonds is 6. The minimum Gasteiger partial charge on any atom is -0.373 e. The van der Waals surface area contributed by atoms with Crippen molar-refractivity contribution in [3.05, 3.63) is 54.1 Å². The third-order valence-corrected chi connectivity index (χ3v) is 4.44. The second-order valence-corrected chi connectivity index (χ2v) is 6.04. The largest absolute Gasteiger partial charge is 0.373 e. The molecule has 1 fully saturated rings. The molecule has 4 nitrogen and oxygen atoms in total. The van der Waals surface area contributed by atoms with Crippen molar-refractivity contribution >= 4 is 0 Å². The van der Waals surface area contributed by atoms with Gasteiger partial charge in [-0.05, 0) is 18.4 Å². The van der Waals surface area contributed by atoms with Gasteiger partial charge < -0.3 is 14.2 Å². The predicted molar refractivity (Wildman–Crippen MR) is 87.6 cm³/mol. The summed E-state index contributed by atoms with van der Waals surface area (Å²) >= 11 is 0. The summed E-state index contributed by atoms with van der Waals surface area (Å²) in [5.74, 6) is 1.17. The lowest BCUT2D eigenvalue weighted by molar-refractivity contribution is -0.00228. The fourth-order valence-corrected chi connectivity index (χ4v) is 2.98. The Morgan fingerprint density at radius 3 is 2.64 bits per heavy atom. The van der Waals surface area contributed by atoms with Gasteiger partial charge in [-0.1, -0.05) is 30.3 Å². The Balaban J connectivity index is 1.36. The molecule has 0 unspecified atom stereocenters.